The maximum absolute atomic E-state index is 13.0. The van der Waals surface area contributed by atoms with Crippen LogP contribution in [-0.2, 0) is 4.79 Å². The van der Waals surface area contributed by atoms with Gasteiger partial charge in [-0.3, -0.25) is 9.69 Å². The minimum absolute atomic E-state index is 0.00169. The van der Waals surface area contributed by atoms with Crippen LogP contribution in [0.5, 0.6) is 0 Å². The van der Waals surface area contributed by atoms with E-state index in [4.69, 9.17) is 12.2 Å². The maximum atomic E-state index is 13.0. The number of nitrogens with zero attached hydrogens (tertiary/aromatic N) is 2. The molecule has 2 atom stereocenters. The molecule has 1 fully saturated rings. The first-order chi connectivity index (χ1) is 12.5. The summed E-state index contributed by atoms with van der Waals surface area (Å²) in [5, 5.41) is 11.0. The second kappa shape index (κ2) is 7.98. The molecule has 1 aliphatic rings. The van der Waals surface area contributed by atoms with Crippen LogP contribution in [0.15, 0.2) is 60.7 Å². The summed E-state index contributed by atoms with van der Waals surface area (Å²) in [5.74, 6) is 0.128. The van der Waals surface area contributed by atoms with Crippen molar-refractivity contribution in [2.75, 3.05) is 11.4 Å². The van der Waals surface area contributed by atoms with Gasteiger partial charge in [-0.2, -0.15) is 0 Å². The zero-order valence-electron chi connectivity index (χ0n) is 15.1. The average molecular weight is 369 g/mol. The topological polar surface area (TPSA) is 43.8 Å². The lowest BCUT2D eigenvalue weighted by Crippen LogP contribution is -2.42. The number of aliphatic hydroxyl groups is 1. The van der Waals surface area contributed by atoms with Crippen molar-refractivity contribution in [3.63, 3.8) is 0 Å². The Hall–Kier alpha value is -2.24. The molecule has 4 nitrogen and oxygen atoms in total. The number of carbonyl (C=O) groups excluding carboxylic acids is 1. The second-order valence-corrected chi connectivity index (χ2v) is 7.30. The van der Waals surface area contributed by atoms with Gasteiger partial charge in [0.15, 0.2) is 5.11 Å². The zero-order valence-corrected chi connectivity index (χ0v) is 15.9. The number of rotatable bonds is 5. The monoisotopic (exact) mass is 368 g/mol. The molecule has 1 heterocycles. The number of carbonyl (C=O) groups is 1. The van der Waals surface area contributed by atoms with Crippen molar-refractivity contribution < 1.29 is 9.90 Å². The zero-order chi connectivity index (χ0) is 18.7. The van der Waals surface area contributed by atoms with Crippen molar-refractivity contribution >= 4 is 28.9 Å². The first-order valence-corrected chi connectivity index (χ1v) is 9.31. The number of anilines is 1. The Kier molecular flexibility index (Phi) is 5.69. The molecule has 0 bridgehead atoms. The highest BCUT2D eigenvalue weighted by atomic mass is 32.1. The van der Waals surface area contributed by atoms with Crippen LogP contribution in [0, 0.1) is 5.92 Å². The molecule has 0 aliphatic carbocycles. The van der Waals surface area contributed by atoms with Crippen LogP contribution in [-0.4, -0.2) is 33.6 Å². The lowest BCUT2D eigenvalue weighted by molar-refractivity contribution is -0.131. The molecule has 0 spiro atoms. The van der Waals surface area contributed by atoms with Gasteiger partial charge in [-0.1, -0.05) is 62.4 Å². The van der Waals surface area contributed by atoms with Crippen molar-refractivity contribution in [3.05, 3.63) is 66.2 Å². The summed E-state index contributed by atoms with van der Waals surface area (Å²) in [6.45, 7) is 4.86. The van der Waals surface area contributed by atoms with Crippen LogP contribution in [0.2, 0.25) is 0 Å². The number of para-hydroxylation sites is 1. The van der Waals surface area contributed by atoms with Gasteiger partial charge in [0, 0.05) is 12.2 Å². The lowest BCUT2D eigenvalue weighted by Gasteiger charge is -2.27. The van der Waals surface area contributed by atoms with E-state index < -0.39 is 6.10 Å². The summed E-state index contributed by atoms with van der Waals surface area (Å²) >= 11 is 5.64. The molecule has 3 rings (SSSR count). The summed E-state index contributed by atoms with van der Waals surface area (Å²) in [5.41, 5.74) is 1.73. The largest absolute Gasteiger partial charge is 0.388 e. The van der Waals surface area contributed by atoms with E-state index in [0.29, 0.717) is 11.7 Å². The van der Waals surface area contributed by atoms with Crippen LogP contribution in [0.3, 0.4) is 0 Å². The van der Waals surface area contributed by atoms with Gasteiger partial charge in [-0.25, -0.2) is 0 Å². The standard InChI is InChI=1S/C21H24N2O2S/c1-15(2)18-14-22(17-11-7-4-8-12-17)21(26)23(18)20(25)13-19(24)16-9-5-3-6-10-16/h3-12,15,18-19,24H,13-14H2,1-2H3/t18-,19+/m1/s1. The number of benzene rings is 2. The molecule has 0 aromatic heterocycles. The Bertz CT molecular complexity index is 764. The van der Waals surface area contributed by atoms with Gasteiger partial charge in [-0.05, 0) is 35.8 Å². The van der Waals surface area contributed by atoms with Crippen molar-refractivity contribution in [2.24, 2.45) is 5.92 Å². The molecular formula is C21H24N2O2S. The molecule has 0 unspecified atom stereocenters. The third kappa shape index (κ3) is 3.79. The van der Waals surface area contributed by atoms with E-state index in [9.17, 15) is 9.90 Å². The van der Waals surface area contributed by atoms with Gasteiger partial charge in [0.05, 0.1) is 18.6 Å². The van der Waals surface area contributed by atoms with Crippen molar-refractivity contribution in [3.8, 4) is 0 Å². The summed E-state index contributed by atoms with van der Waals surface area (Å²) in [6.07, 6.45) is -0.805. The highest BCUT2D eigenvalue weighted by Crippen LogP contribution is 2.29. The minimum Gasteiger partial charge on any atom is -0.388 e. The minimum atomic E-state index is -0.829. The lowest BCUT2D eigenvalue weighted by atomic mass is 10.0. The third-order valence-corrected chi connectivity index (χ3v) is 5.21. The molecule has 26 heavy (non-hydrogen) atoms. The maximum Gasteiger partial charge on any atom is 0.232 e. The summed E-state index contributed by atoms with van der Waals surface area (Å²) < 4.78 is 0. The quantitative estimate of drug-likeness (QED) is 0.816. The molecule has 1 aliphatic heterocycles. The Morgan fingerprint density at radius 3 is 2.27 bits per heavy atom. The van der Waals surface area contributed by atoms with Crippen LogP contribution in [0.1, 0.15) is 31.9 Å². The summed E-state index contributed by atoms with van der Waals surface area (Å²) in [4.78, 5) is 16.7. The predicted octanol–water partition coefficient (Wildman–Crippen LogP) is 3.77. The predicted molar refractivity (Wildman–Crippen MR) is 108 cm³/mol. The molecular weight excluding hydrogens is 344 g/mol. The van der Waals surface area contributed by atoms with E-state index in [1.54, 1.807) is 4.90 Å². The molecule has 0 radical (unpaired) electrons. The molecule has 0 saturated carbocycles. The van der Waals surface area contributed by atoms with Gasteiger partial charge in [0.2, 0.25) is 5.91 Å². The average Bonchev–Trinajstić information content (AvgIpc) is 3.01. The fourth-order valence-electron chi connectivity index (χ4n) is 3.30. The van der Waals surface area contributed by atoms with E-state index >= 15 is 0 Å². The SMILES string of the molecule is CC(C)[C@H]1CN(c2ccccc2)C(=S)N1C(=O)C[C@H](O)c1ccccc1. The number of hydrogen-bond donors (Lipinski definition) is 1. The van der Waals surface area contributed by atoms with E-state index in [0.717, 1.165) is 11.3 Å². The Balaban J connectivity index is 1.80. The van der Waals surface area contributed by atoms with Crippen LogP contribution < -0.4 is 4.90 Å². The van der Waals surface area contributed by atoms with Gasteiger partial charge < -0.3 is 10.0 Å². The van der Waals surface area contributed by atoms with Gasteiger partial charge >= 0.3 is 0 Å². The normalized spacial score (nSPS) is 18.5. The number of amides is 1. The van der Waals surface area contributed by atoms with Crippen molar-refractivity contribution in [1.82, 2.24) is 4.90 Å². The van der Waals surface area contributed by atoms with Crippen molar-refractivity contribution in [1.29, 1.82) is 0 Å². The molecule has 1 N–H and O–H groups in total. The molecule has 1 amide bonds. The Morgan fingerprint density at radius 1 is 1.12 bits per heavy atom. The second-order valence-electron chi connectivity index (χ2n) is 6.93. The van der Waals surface area contributed by atoms with Crippen LogP contribution in [0.4, 0.5) is 5.69 Å². The molecule has 2 aromatic carbocycles. The smallest absolute Gasteiger partial charge is 0.232 e. The highest BCUT2D eigenvalue weighted by Gasteiger charge is 2.40. The molecule has 2 aromatic rings. The van der Waals surface area contributed by atoms with Crippen LogP contribution >= 0.6 is 12.2 Å². The number of thiocarbonyl (C=S) groups is 1. The molecule has 5 heteroatoms. The van der Waals surface area contributed by atoms with Gasteiger partial charge in [0.1, 0.15) is 0 Å². The van der Waals surface area contributed by atoms with E-state index in [1.807, 2.05) is 65.6 Å². The van der Waals surface area contributed by atoms with Gasteiger partial charge in [0.25, 0.3) is 0 Å². The fourth-order valence-corrected chi connectivity index (χ4v) is 3.72. The Morgan fingerprint density at radius 2 is 1.69 bits per heavy atom. The summed E-state index contributed by atoms with van der Waals surface area (Å²) in [6, 6.07) is 19.1. The first-order valence-electron chi connectivity index (χ1n) is 8.90. The number of aliphatic hydroxyl groups excluding tert-OH is 1. The fraction of sp³-hybridized carbons (Fsp3) is 0.333. The van der Waals surface area contributed by atoms with E-state index in [2.05, 4.69) is 13.8 Å². The van der Waals surface area contributed by atoms with Crippen LogP contribution in [0.25, 0.3) is 0 Å². The highest BCUT2D eigenvalue weighted by molar-refractivity contribution is 7.80. The first kappa shape index (κ1) is 18.5. The Labute approximate surface area is 160 Å². The third-order valence-electron chi connectivity index (χ3n) is 4.80. The molecule has 136 valence electrons. The molecule has 1 saturated heterocycles. The number of hydrogen-bond acceptors (Lipinski definition) is 3. The van der Waals surface area contributed by atoms with E-state index in [1.165, 1.54) is 0 Å². The summed E-state index contributed by atoms with van der Waals surface area (Å²) in [7, 11) is 0. The van der Waals surface area contributed by atoms with Gasteiger partial charge in [-0.15, -0.1) is 0 Å². The van der Waals surface area contributed by atoms with E-state index in [-0.39, 0.29) is 24.3 Å². The van der Waals surface area contributed by atoms with Crippen molar-refractivity contribution in [2.45, 2.75) is 32.4 Å².